The lowest BCUT2D eigenvalue weighted by atomic mass is 9.91. The summed E-state index contributed by atoms with van der Waals surface area (Å²) in [6, 6.07) is 4.23. The monoisotopic (exact) mass is 250 g/mol. The van der Waals surface area contributed by atoms with E-state index in [-0.39, 0.29) is 0 Å². The normalized spacial score (nSPS) is 23.2. The summed E-state index contributed by atoms with van der Waals surface area (Å²) in [5.74, 6) is -2.42. The zero-order valence-electron chi connectivity index (χ0n) is 9.58. The van der Waals surface area contributed by atoms with E-state index in [2.05, 4.69) is 4.99 Å². The van der Waals surface area contributed by atoms with Gasteiger partial charge in [-0.05, 0) is 17.7 Å². The van der Waals surface area contributed by atoms with Gasteiger partial charge in [-0.3, -0.25) is 4.79 Å². The van der Waals surface area contributed by atoms with E-state index in [4.69, 9.17) is 5.11 Å². The van der Waals surface area contributed by atoms with Crippen LogP contribution in [0.2, 0.25) is 0 Å². The van der Waals surface area contributed by atoms with E-state index in [0.717, 1.165) is 6.21 Å². The second-order valence-electron chi connectivity index (χ2n) is 4.03. The average molecular weight is 250 g/mol. The number of hydrogen-bond donors (Lipinski definition) is 1. The highest BCUT2D eigenvalue weighted by Gasteiger charge is 2.36. The average Bonchev–Trinajstić information content (AvgIpc) is 2.33. The second kappa shape index (κ2) is 4.56. The van der Waals surface area contributed by atoms with Crippen molar-refractivity contribution in [2.45, 2.75) is 6.04 Å². The molecular weight excluding hydrogens is 239 g/mol. The summed E-state index contributed by atoms with van der Waals surface area (Å²) in [6.07, 6.45) is 1.12. The highest BCUT2D eigenvalue weighted by molar-refractivity contribution is 5.97. The Kier molecular flexibility index (Phi) is 3.10. The van der Waals surface area contributed by atoms with Gasteiger partial charge in [0.05, 0.1) is 6.04 Å². The number of aliphatic imine (C=N–C) groups is 1. The van der Waals surface area contributed by atoms with Crippen molar-refractivity contribution in [2.75, 3.05) is 7.05 Å². The first-order valence-electron chi connectivity index (χ1n) is 5.30. The fourth-order valence-electron chi connectivity index (χ4n) is 1.97. The number of hydrogen-bond acceptors (Lipinski definition) is 2. The zero-order valence-corrected chi connectivity index (χ0v) is 9.58. The number of aliphatic carboxylic acids is 1. The number of rotatable bonds is 2. The first-order chi connectivity index (χ1) is 8.50. The Morgan fingerprint density at radius 3 is 2.56 bits per heavy atom. The van der Waals surface area contributed by atoms with Crippen LogP contribution in [0.25, 0.3) is 0 Å². The fourth-order valence-corrected chi connectivity index (χ4v) is 1.97. The summed E-state index contributed by atoms with van der Waals surface area (Å²) in [6.45, 7) is 0. The Morgan fingerprint density at radius 1 is 1.39 bits per heavy atom. The van der Waals surface area contributed by atoms with E-state index < -0.39 is 29.8 Å². The lowest BCUT2D eigenvalue weighted by molar-refractivity contribution is -0.140. The van der Waals surface area contributed by atoms with Crippen LogP contribution in [0.4, 0.5) is 9.18 Å². The maximum Gasteiger partial charge on any atom is 0.343 e. The highest BCUT2D eigenvalue weighted by atomic mass is 19.1. The van der Waals surface area contributed by atoms with Gasteiger partial charge < -0.3 is 10.0 Å². The van der Waals surface area contributed by atoms with Crippen molar-refractivity contribution >= 4 is 18.2 Å². The molecule has 5 nitrogen and oxygen atoms in total. The predicted octanol–water partition coefficient (Wildman–Crippen LogP) is 1.70. The molecule has 94 valence electrons. The van der Waals surface area contributed by atoms with Gasteiger partial charge in [0.25, 0.3) is 0 Å². The van der Waals surface area contributed by atoms with Gasteiger partial charge in [-0.2, -0.15) is 0 Å². The minimum absolute atomic E-state index is 0.413. The molecule has 1 aromatic rings. The first kappa shape index (κ1) is 12.2. The Bertz CT molecular complexity index is 513. The van der Waals surface area contributed by atoms with Crippen molar-refractivity contribution < 1.29 is 19.1 Å². The molecule has 1 aliphatic rings. The number of nitrogens with zero attached hydrogens (tertiary/aromatic N) is 2. The summed E-state index contributed by atoms with van der Waals surface area (Å²) in [7, 11) is 1.47. The van der Waals surface area contributed by atoms with Crippen molar-refractivity contribution in [3.05, 3.63) is 35.6 Å². The van der Waals surface area contributed by atoms with Crippen molar-refractivity contribution in [2.24, 2.45) is 10.9 Å². The number of carbonyl (C=O) groups excluding carboxylic acids is 1. The molecule has 2 rings (SSSR count). The van der Waals surface area contributed by atoms with Crippen LogP contribution in [0.3, 0.4) is 0 Å². The minimum atomic E-state index is -1.08. The molecule has 1 aromatic carbocycles. The third-order valence-electron chi connectivity index (χ3n) is 2.90. The third-order valence-corrected chi connectivity index (χ3v) is 2.90. The summed E-state index contributed by atoms with van der Waals surface area (Å²) in [4.78, 5) is 27.4. The lowest BCUT2D eigenvalue weighted by Crippen LogP contribution is -2.41. The Labute approximate surface area is 103 Å². The number of benzene rings is 1. The maximum absolute atomic E-state index is 12.9. The summed E-state index contributed by atoms with van der Waals surface area (Å²) in [5.41, 5.74) is 0.561. The summed E-state index contributed by atoms with van der Waals surface area (Å²) in [5, 5.41) is 9.13. The van der Waals surface area contributed by atoms with Crippen LogP contribution in [-0.2, 0) is 4.79 Å². The number of halogens is 1. The SMILES string of the molecule is CN1C(=O)N=CC(C(=O)O)C1c1ccc(F)cc1. The number of urea groups is 1. The van der Waals surface area contributed by atoms with Gasteiger partial charge in [0.1, 0.15) is 11.7 Å². The van der Waals surface area contributed by atoms with Crippen LogP contribution >= 0.6 is 0 Å². The van der Waals surface area contributed by atoms with E-state index >= 15 is 0 Å². The molecule has 2 unspecified atom stereocenters. The molecule has 0 spiro atoms. The van der Waals surface area contributed by atoms with Crippen molar-refractivity contribution in [3.63, 3.8) is 0 Å². The van der Waals surface area contributed by atoms with Gasteiger partial charge in [-0.1, -0.05) is 12.1 Å². The molecule has 0 aromatic heterocycles. The first-order valence-corrected chi connectivity index (χ1v) is 5.30. The van der Waals surface area contributed by atoms with Crippen molar-refractivity contribution in [3.8, 4) is 0 Å². The maximum atomic E-state index is 12.9. The van der Waals surface area contributed by atoms with Gasteiger partial charge in [0, 0.05) is 13.3 Å². The molecule has 0 fully saturated rings. The smallest absolute Gasteiger partial charge is 0.343 e. The van der Waals surface area contributed by atoms with E-state index in [9.17, 15) is 14.0 Å². The van der Waals surface area contributed by atoms with Gasteiger partial charge in [0.2, 0.25) is 0 Å². The molecule has 2 amide bonds. The van der Waals surface area contributed by atoms with Gasteiger partial charge in [0.15, 0.2) is 0 Å². The van der Waals surface area contributed by atoms with Crippen LogP contribution in [0.1, 0.15) is 11.6 Å². The van der Waals surface area contributed by atoms with E-state index in [1.54, 1.807) is 0 Å². The van der Waals surface area contributed by atoms with Crippen LogP contribution in [-0.4, -0.2) is 35.3 Å². The van der Waals surface area contributed by atoms with E-state index in [0.29, 0.717) is 5.56 Å². The molecule has 0 saturated heterocycles. The minimum Gasteiger partial charge on any atom is -0.481 e. The molecule has 6 heteroatoms. The standard InChI is InChI=1S/C12H11FN2O3/c1-15-10(7-2-4-8(13)5-3-7)9(11(16)17)6-14-12(15)18/h2-6,9-10H,1H3,(H,16,17). The Hall–Kier alpha value is -2.24. The zero-order chi connectivity index (χ0) is 13.3. The third kappa shape index (κ3) is 2.09. The molecular formula is C12H11FN2O3. The molecule has 2 atom stereocenters. The number of carboxylic acid groups (broad SMARTS) is 1. The molecule has 18 heavy (non-hydrogen) atoms. The van der Waals surface area contributed by atoms with Crippen LogP contribution in [0.5, 0.6) is 0 Å². The molecule has 0 saturated carbocycles. The van der Waals surface area contributed by atoms with Gasteiger partial charge in [-0.25, -0.2) is 14.2 Å². The molecule has 0 aliphatic carbocycles. The molecule has 1 heterocycles. The fraction of sp³-hybridized carbons (Fsp3) is 0.250. The number of amides is 2. The quantitative estimate of drug-likeness (QED) is 0.868. The second-order valence-corrected chi connectivity index (χ2v) is 4.03. The number of carbonyl (C=O) groups is 2. The van der Waals surface area contributed by atoms with E-state index in [1.807, 2.05) is 0 Å². The largest absolute Gasteiger partial charge is 0.481 e. The van der Waals surface area contributed by atoms with Crippen LogP contribution in [0.15, 0.2) is 29.3 Å². The number of carboxylic acids is 1. The molecule has 0 radical (unpaired) electrons. The summed E-state index contributed by atoms with van der Waals surface area (Å²) >= 11 is 0. The van der Waals surface area contributed by atoms with Crippen molar-refractivity contribution in [1.82, 2.24) is 4.90 Å². The molecule has 1 aliphatic heterocycles. The highest BCUT2D eigenvalue weighted by Crippen LogP contribution is 2.30. The van der Waals surface area contributed by atoms with Crippen molar-refractivity contribution in [1.29, 1.82) is 0 Å². The summed E-state index contributed by atoms with van der Waals surface area (Å²) < 4.78 is 12.9. The predicted molar refractivity (Wildman–Crippen MR) is 61.9 cm³/mol. The van der Waals surface area contributed by atoms with Gasteiger partial charge >= 0.3 is 12.0 Å². The lowest BCUT2D eigenvalue weighted by Gasteiger charge is -2.32. The van der Waals surface area contributed by atoms with E-state index in [1.165, 1.54) is 36.2 Å². The van der Waals surface area contributed by atoms with Crippen LogP contribution < -0.4 is 0 Å². The van der Waals surface area contributed by atoms with Gasteiger partial charge in [-0.15, -0.1) is 0 Å². The molecule has 1 N–H and O–H groups in total. The molecule has 0 bridgehead atoms. The Balaban J connectivity index is 2.43. The topological polar surface area (TPSA) is 70.0 Å². The van der Waals surface area contributed by atoms with Crippen LogP contribution in [0, 0.1) is 11.7 Å². The Morgan fingerprint density at radius 2 is 2.00 bits per heavy atom.